The first-order valence-electron chi connectivity index (χ1n) is 10.9. The van der Waals surface area contributed by atoms with E-state index in [1.54, 1.807) is 0 Å². The molecule has 11 nitrogen and oxygen atoms in total. The van der Waals surface area contributed by atoms with Crippen molar-refractivity contribution < 1.29 is 26.7 Å². The molecule has 0 unspecified atom stereocenters. The second kappa shape index (κ2) is 9.66. The molecule has 186 valence electrons. The van der Waals surface area contributed by atoms with Crippen LogP contribution in [0.5, 0.6) is 0 Å². The number of piperidine rings is 1. The third-order valence-electron chi connectivity index (χ3n) is 5.89. The number of likely N-dealkylation sites (tertiary alicyclic amines) is 1. The third kappa shape index (κ3) is 5.78. The minimum absolute atomic E-state index is 0.0460. The lowest BCUT2D eigenvalue weighted by molar-refractivity contribution is 0.136. The number of fused-ring (bicyclic) bond motifs is 1. The molecule has 3 N–H and O–H groups in total. The number of carboxylic acid groups (broad SMARTS) is 1. The zero-order valence-electron chi connectivity index (χ0n) is 18.7. The molecule has 3 heterocycles. The lowest BCUT2D eigenvalue weighted by Crippen LogP contribution is -2.41. The molecule has 0 radical (unpaired) electrons. The summed E-state index contributed by atoms with van der Waals surface area (Å²) in [6, 6.07) is 2.85. The van der Waals surface area contributed by atoms with Gasteiger partial charge in [0.15, 0.2) is 15.0 Å². The lowest BCUT2D eigenvalue weighted by atomic mass is 10.1. The van der Waals surface area contributed by atoms with E-state index in [9.17, 15) is 21.6 Å². The number of pyridine rings is 1. The molecule has 14 heteroatoms. The van der Waals surface area contributed by atoms with E-state index < -0.39 is 31.0 Å². The summed E-state index contributed by atoms with van der Waals surface area (Å²) in [7, 11) is -6.98. The van der Waals surface area contributed by atoms with Crippen molar-refractivity contribution in [1.82, 2.24) is 14.9 Å². The Hall–Kier alpha value is -2.45. The zero-order valence-corrected chi connectivity index (χ0v) is 21.1. The molecule has 0 saturated carbocycles. The summed E-state index contributed by atoms with van der Waals surface area (Å²) in [5.41, 5.74) is 1.05. The van der Waals surface area contributed by atoms with Gasteiger partial charge in [0.25, 0.3) is 0 Å². The predicted octanol–water partition coefficient (Wildman–Crippen LogP) is 2.14. The van der Waals surface area contributed by atoms with Crippen molar-refractivity contribution in [3.63, 3.8) is 0 Å². The molecule has 0 spiro atoms. The highest BCUT2D eigenvalue weighted by molar-refractivity contribution is 7.92. The fourth-order valence-electron chi connectivity index (χ4n) is 4.09. The minimum atomic E-state index is -3.77. The Morgan fingerprint density at radius 1 is 1.15 bits per heavy atom. The van der Waals surface area contributed by atoms with Crippen LogP contribution in [-0.4, -0.2) is 79.8 Å². The smallest absolute Gasteiger partial charge is 0.407 e. The van der Waals surface area contributed by atoms with Crippen molar-refractivity contribution in [2.24, 2.45) is 0 Å². The van der Waals surface area contributed by atoms with E-state index in [4.69, 9.17) is 5.11 Å². The molecule has 2 aliphatic rings. The van der Waals surface area contributed by atoms with Crippen LogP contribution in [0.1, 0.15) is 29.8 Å². The van der Waals surface area contributed by atoms with Crippen molar-refractivity contribution in [2.75, 3.05) is 42.3 Å². The Morgan fingerprint density at radius 3 is 2.50 bits per heavy atom. The van der Waals surface area contributed by atoms with E-state index in [1.807, 2.05) is 0 Å². The van der Waals surface area contributed by atoms with Gasteiger partial charge in [0.1, 0.15) is 21.5 Å². The molecule has 34 heavy (non-hydrogen) atoms. The Morgan fingerprint density at radius 2 is 1.85 bits per heavy atom. The number of amides is 1. The summed E-state index contributed by atoms with van der Waals surface area (Å²) >= 11 is 1.52. The Kier molecular flexibility index (Phi) is 7.01. The van der Waals surface area contributed by atoms with Crippen LogP contribution in [-0.2, 0) is 32.5 Å². The minimum Gasteiger partial charge on any atom is -0.465 e. The van der Waals surface area contributed by atoms with E-state index in [-0.39, 0.29) is 48.9 Å². The number of nitrogens with one attached hydrogen (secondary N) is 2. The first-order chi connectivity index (χ1) is 16.0. The van der Waals surface area contributed by atoms with Crippen LogP contribution in [0.2, 0.25) is 0 Å². The van der Waals surface area contributed by atoms with E-state index >= 15 is 0 Å². The van der Waals surface area contributed by atoms with Gasteiger partial charge in [-0.05, 0) is 44.2 Å². The Balaban J connectivity index is 1.59. The lowest BCUT2D eigenvalue weighted by Gasteiger charge is -2.29. The summed E-state index contributed by atoms with van der Waals surface area (Å²) in [4.78, 5) is 22.6. The summed E-state index contributed by atoms with van der Waals surface area (Å²) in [5.74, 6) is 0.402. The fraction of sp³-hybridized carbons (Fsp3) is 0.550. The maximum atomic E-state index is 13.4. The fourth-order valence-corrected chi connectivity index (χ4v) is 7.39. The van der Waals surface area contributed by atoms with Crippen molar-refractivity contribution in [1.29, 1.82) is 0 Å². The molecule has 4 rings (SSSR count). The van der Waals surface area contributed by atoms with E-state index in [1.165, 1.54) is 33.2 Å². The summed E-state index contributed by atoms with van der Waals surface area (Å²) < 4.78 is 49.8. The van der Waals surface area contributed by atoms with Gasteiger partial charge < -0.3 is 20.6 Å². The first-order valence-corrected chi connectivity index (χ1v) is 15.3. The first kappa shape index (κ1) is 24.7. The largest absolute Gasteiger partial charge is 0.465 e. The van der Waals surface area contributed by atoms with Crippen LogP contribution in [0.25, 0.3) is 0 Å². The monoisotopic (exact) mass is 529 g/mol. The van der Waals surface area contributed by atoms with Crippen molar-refractivity contribution in [3.05, 3.63) is 22.7 Å². The number of carbonyl (C=O) groups is 1. The molecule has 1 amide bonds. The Bertz CT molecular complexity index is 1260. The second-order valence-corrected chi connectivity index (χ2v) is 14.1. The van der Waals surface area contributed by atoms with E-state index in [0.29, 0.717) is 10.9 Å². The molecular weight excluding hydrogens is 502 g/mol. The number of hydrogen-bond acceptors (Lipinski definition) is 10. The van der Waals surface area contributed by atoms with Gasteiger partial charge in [0.05, 0.1) is 21.6 Å². The molecule has 2 aromatic heterocycles. The molecule has 1 aliphatic heterocycles. The maximum absolute atomic E-state index is 13.4. The molecule has 1 fully saturated rings. The van der Waals surface area contributed by atoms with Gasteiger partial charge in [0, 0.05) is 30.8 Å². The van der Waals surface area contributed by atoms with Gasteiger partial charge in [-0.2, -0.15) is 0 Å². The third-order valence-corrected chi connectivity index (χ3v) is 10.1. The standard InChI is InChI=1S/C20H27N5O6S3/c1-33(28,29)10-7-21-17-11-14(34(30,31)13-5-8-25(9-6-13)20(26)27)12-18(23-17)24-19-22-15-3-2-4-16(15)32-19/h11-13H,2-10H2,1H3,(H,26,27)(H2,21,22,23,24). The quantitative estimate of drug-likeness (QED) is 0.462. The van der Waals surface area contributed by atoms with Crippen molar-refractivity contribution in [3.8, 4) is 0 Å². The van der Waals surface area contributed by atoms with Crippen molar-refractivity contribution >= 4 is 53.9 Å². The highest BCUT2D eigenvalue weighted by atomic mass is 32.2. The van der Waals surface area contributed by atoms with Gasteiger partial charge in [-0.1, -0.05) is 0 Å². The van der Waals surface area contributed by atoms with E-state index in [2.05, 4.69) is 20.6 Å². The van der Waals surface area contributed by atoms with Crippen LogP contribution in [0, 0.1) is 0 Å². The van der Waals surface area contributed by atoms with Gasteiger partial charge in [0.2, 0.25) is 0 Å². The highest BCUT2D eigenvalue weighted by Gasteiger charge is 2.33. The molecule has 2 aromatic rings. The summed E-state index contributed by atoms with van der Waals surface area (Å²) in [6.07, 6.45) is 3.45. The average Bonchev–Trinajstić information content (AvgIpc) is 3.34. The number of thiazole rings is 1. The van der Waals surface area contributed by atoms with Crippen molar-refractivity contribution in [2.45, 2.75) is 42.2 Å². The number of nitrogens with zero attached hydrogens (tertiary/aromatic N) is 3. The number of rotatable bonds is 8. The topological polar surface area (TPSA) is 159 Å². The summed E-state index contributed by atoms with van der Waals surface area (Å²) in [6.45, 7) is 0.385. The number of aryl methyl sites for hydroxylation is 2. The zero-order chi connectivity index (χ0) is 24.5. The van der Waals surface area contributed by atoms with E-state index in [0.717, 1.165) is 31.2 Å². The molecule has 1 aliphatic carbocycles. The average molecular weight is 530 g/mol. The molecule has 1 saturated heterocycles. The molecular formula is C20H27N5O6S3. The van der Waals surface area contributed by atoms with Crippen LogP contribution in [0.4, 0.5) is 21.6 Å². The number of aromatic nitrogens is 2. The SMILES string of the molecule is CS(=O)(=O)CCNc1cc(S(=O)(=O)C2CCN(C(=O)O)CC2)cc(Nc2nc3c(s2)CCC3)n1. The van der Waals surface area contributed by atoms with Crippen LogP contribution in [0.15, 0.2) is 17.0 Å². The maximum Gasteiger partial charge on any atom is 0.407 e. The van der Waals surface area contributed by atoms with Crippen LogP contribution >= 0.6 is 11.3 Å². The van der Waals surface area contributed by atoms with Crippen LogP contribution < -0.4 is 10.6 Å². The van der Waals surface area contributed by atoms with Crippen LogP contribution in [0.3, 0.4) is 0 Å². The van der Waals surface area contributed by atoms with Gasteiger partial charge in [-0.3, -0.25) is 0 Å². The summed E-state index contributed by atoms with van der Waals surface area (Å²) in [5, 5.41) is 15.1. The molecule has 0 bridgehead atoms. The second-order valence-electron chi connectivity index (χ2n) is 8.51. The van der Waals surface area contributed by atoms with Gasteiger partial charge >= 0.3 is 6.09 Å². The van der Waals surface area contributed by atoms with Gasteiger partial charge in [-0.15, -0.1) is 11.3 Å². The van der Waals surface area contributed by atoms with Gasteiger partial charge in [-0.25, -0.2) is 31.6 Å². The highest BCUT2D eigenvalue weighted by Crippen LogP contribution is 2.33. The predicted molar refractivity (Wildman–Crippen MR) is 130 cm³/mol. The Labute approximate surface area is 202 Å². The number of anilines is 3. The number of sulfone groups is 2. The number of hydrogen-bond donors (Lipinski definition) is 3. The normalized spacial score (nSPS) is 16.9. The molecule has 0 aromatic carbocycles. The molecule has 0 atom stereocenters.